The molecule has 0 saturated heterocycles. The number of hydrogen-bond acceptors (Lipinski definition) is 2. The Hall–Kier alpha value is -1.48. The standard InChI is InChI=1S/C14H18N2O/c1-17-13-6-5-10-7-11-3-2-4-12(9-15)16(11)14(10)8-13/h5-8,12H,2-4,9,15H2,1H3. The summed E-state index contributed by atoms with van der Waals surface area (Å²) >= 11 is 0. The molecule has 1 aromatic carbocycles. The van der Waals surface area contributed by atoms with E-state index in [1.54, 1.807) is 7.11 Å². The molecule has 0 spiro atoms. The van der Waals surface area contributed by atoms with Crippen molar-refractivity contribution < 1.29 is 4.74 Å². The van der Waals surface area contributed by atoms with E-state index in [1.165, 1.54) is 29.4 Å². The van der Waals surface area contributed by atoms with Gasteiger partial charge in [-0.15, -0.1) is 0 Å². The SMILES string of the molecule is COc1ccc2cc3n(c2c1)C(CN)CCC3. The van der Waals surface area contributed by atoms with Crippen LogP contribution in [0.15, 0.2) is 24.3 Å². The van der Waals surface area contributed by atoms with E-state index in [-0.39, 0.29) is 0 Å². The quantitative estimate of drug-likeness (QED) is 0.861. The fraction of sp³-hybridized carbons (Fsp3) is 0.429. The number of rotatable bonds is 2. The molecule has 0 bridgehead atoms. The van der Waals surface area contributed by atoms with Gasteiger partial charge in [0.1, 0.15) is 5.75 Å². The molecule has 3 rings (SSSR count). The molecule has 90 valence electrons. The van der Waals surface area contributed by atoms with Crippen LogP contribution >= 0.6 is 0 Å². The first kappa shape index (κ1) is 10.7. The molecule has 1 atom stereocenters. The Morgan fingerprint density at radius 1 is 1.41 bits per heavy atom. The van der Waals surface area contributed by atoms with Crippen LogP contribution in [0.3, 0.4) is 0 Å². The number of nitrogens with zero attached hydrogens (tertiary/aromatic N) is 1. The molecule has 1 aliphatic heterocycles. The predicted octanol–water partition coefficient (Wildman–Crippen LogP) is 2.49. The van der Waals surface area contributed by atoms with E-state index in [9.17, 15) is 0 Å². The third-order valence-corrected chi connectivity index (χ3v) is 3.74. The Balaban J connectivity index is 2.23. The van der Waals surface area contributed by atoms with E-state index in [0.717, 1.165) is 12.2 Å². The Morgan fingerprint density at radius 3 is 3.06 bits per heavy atom. The van der Waals surface area contributed by atoms with E-state index in [4.69, 9.17) is 10.5 Å². The van der Waals surface area contributed by atoms with Crippen molar-refractivity contribution in [1.82, 2.24) is 4.57 Å². The lowest BCUT2D eigenvalue weighted by molar-refractivity contribution is 0.411. The second-order valence-corrected chi connectivity index (χ2v) is 4.71. The summed E-state index contributed by atoms with van der Waals surface area (Å²) in [5.41, 5.74) is 8.56. The van der Waals surface area contributed by atoms with Crippen molar-refractivity contribution in [1.29, 1.82) is 0 Å². The van der Waals surface area contributed by atoms with Gasteiger partial charge in [-0.1, -0.05) is 0 Å². The number of ether oxygens (including phenoxy) is 1. The molecule has 1 aromatic heterocycles. The lowest BCUT2D eigenvalue weighted by Gasteiger charge is -2.26. The van der Waals surface area contributed by atoms with Gasteiger partial charge in [0.25, 0.3) is 0 Å². The van der Waals surface area contributed by atoms with Crippen LogP contribution in [0.5, 0.6) is 5.75 Å². The lowest BCUT2D eigenvalue weighted by Crippen LogP contribution is -2.24. The van der Waals surface area contributed by atoms with Crippen molar-refractivity contribution in [2.75, 3.05) is 13.7 Å². The molecule has 0 aliphatic carbocycles. The molecule has 2 aromatic rings. The van der Waals surface area contributed by atoms with Crippen LogP contribution in [0, 0.1) is 0 Å². The van der Waals surface area contributed by atoms with Gasteiger partial charge in [-0.2, -0.15) is 0 Å². The molecular weight excluding hydrogens is 212 g/mol. The molecule has 2 heterocycles. The molecular formula is C14H18N2O. The van der Waals surface area contributed by atoms with Gasteiger partial charge in [0.2, 0.25) is 0 Å². The van der Waals surface area contributed by atoms with Gasteiger partial charge in [0.15, 0.2) is 0 Å². The van der Waals surface area contributed by atoms with Crippen LogP contribution in [0.2, 0.25) is 0 Å². The van der Waals surface area contributed by atoms with Gasteiger partial charge in [-0.05, 0) is 37.5 Å². The molecule has 17 heavy (non-hydrogen) atoms. The van der Waals surface area contributed by atoms with Crippen molar-refractivity contribution in [3.8, 4) is 5.75 Å². The fourth-order valence-corrected chi connectivity index (χ4v) is 2.88. The van der Waals surface area contributed by atoms with Crippen molar-refractivity contribution >= 4 is 10.9 Å². The van der Waals surface area contributed by atoms with Crippen molar-refractivity contribution in [3.63, 3.8) is 0 Å². The smallest absolute Gasteiger partial charge is 0.120 e. The highest BCUT2D eigenvalue weighted by atomic mass is 16.5. The molecule has 0 saturated carbocycles. The highest BCUT2D eigenvalue weighted by Gasteiger charge is 2.20. The summed E-state index contributed by atoms with van der Waals surface area (Å²) in [6, 6.07) is 9.01. The molecule has 1 unspecified atom stereocenters. The summed E-state index contributed by atoms with van der Waals surface area (Å²) in [7, 11) is 1.71. The third kappa shape index (κ3) is 1.62. The first-order valence-electron chi connectivity index (χ1n) is 6.21. The highest BCUT2D eigenvalue weighted by Crippen LogP contribution is 2.33. The molecule has 3 nitrogen and oxygen atoms in total. The van der Waals surface area contributed by atoms with E-state index in [1.807, 2.05) is 6.07 Å². The van der Waals surface area contributed by atoms with Crippen LogP contribution in [-0.2, 0) is 6.42 Å². The maximum atomic E-state index is 5.89. The first-order chi connectivity index (χ1) is 8.33. The average molecular weight is 230 g/mol. The summed E-state index contributed by atoms with van der Waals surface area (Å²) < 4.78 is 7.71. The van der Waals surface area contributed by atoms with E-state index < -0.39 is 0 Å². The minimum atomic E-state index is 0.448. The maximum Gasteiger partial charge on any atom is 0.120 e. The van der Waals surface area contributed by atoms with Crippen molar-refractivity contribution in [3.05, 3.63) is 30.0 Å². The summed E-state index contributed by atoms with van der Waals surface area (Å²) in [4.78, 5) is 0. The van der Waals surface area contributed by atoms with Crippen LogP contribution in [-0.4, -0.2) is 18.2 Å². The normalized spacial score (nSPS) is 19.3. The van der Waals surface area contributed by atoms with Gasteiger partial charge in [-0.3, -0.25) is 0 Å². The monoisotopic (exact) mass is 230 g/mol. The van der Waals surface area contributed by atoms with Crippen molar-refractivity contribution in [2.45, 2.75) is 25.3 Å². The fourth-order valence-electron chi connectivity index (χ4n) is 2.88. The predicted molar refractivity (Wildman–Crippen MR) is 69.5 cm³/mol. The molecule has 2 N–H and O–H groups in total. The molecule has 3 heteroatoms. The Morgan fingerprint density at radius 2 is 2.29 bits per heavy atom. The van der Waals surface area contributed by atoms with Gasteiger partial charge in [-0.25, -0.2) is 0 Å². The Kier molecular flexibility index (Phi) is 2.56. The lowest BCUT2D eigenvalue weighted by atomic mass is 10.0. The Labute approximate surface area is 101 Å². The van der Waals surface area contributed by atoms with Crippen LogP contribution in [0.4, 0.5) is 0 Å². The van der Waals surface area contributed by atoms with E-state index in [0.29, 0.717) is 12.6 Å². The summed E-state index contributed by atoms with van der Waals surface area (Å²) in [6.07, 6.45) is 3.59. The van der Waals surface area contributed by atoms with E-state index >= 15 is 0 Å². The van der Waals surface area contributed by atoms with Crippen LogP contribution < -0.4 is 10.5 Å². The number of aromatic nitrogens is 1. The summed E-state index contributed by atoms with van der Waals surface area (Å²) in [5.74, 6) is 0.916. The molecule has 0 radical (unpaired) electrons. The minimum Gasteiger partial charge on any atom is -0.497 e. The average Bonchev–Trinajstić information content (AvgIpc) is 2.75. The summed E-state index contributed by atoms with van der Waals surface area (Å²) in [6.45, 7) is 0.716. The van der Waals surface area contributed by atoms with Gasteiger partial charge in [0, 0.05) is 29.7 Å². The molecule has 0 amide bonds. The largest absolute Gasteiger partial charge is 0.497 e. The number of benzene rings is 1. The third-order valence-electron chi connectivity index (χ3n) is 3.74. The number of hydrogen-bond donors (Lipinski definition) is 1. The van der Waals surface area contributed by atoms with E-state index in [2.05, 4.69) is 22.8 Å². The molecule has 0 fully saturated rings. The number of methoxy groups -OCH3 is 1. The second-order valence-electron chi connectivity index (χ2n) is 4.71. The minimum absolute atomic E-state index is 0.448. The number of nitrogens with two attached hydrogens (primary N) is 1. The second kappa shape index (κ2) is 4.08. The topological polar surface area (TPSA) is 40.2 Å². The number of aryl methyl sites for hydroxylation is 1. The van der Waals surface area contributed by atoms with Gasteiger partial charge < -0.3 is 15.0 Å². The maximum absolute atomic E-state index is 5.89. The van der Waals surface area contributed by atoms with Gasteiger partial charge >= 0.3 is 0 Å². The zero-order chi connectivity index (χ0) is 11.8. The number of fused-ring (bicyclic) bond motifs is 3. The first-order valence-corrected chi connectivity index (χ1v) is 6.21. The van der Waals surface area contributed by atoms with Crippen molar-refractivity contribution in [2.24, 2.45) is 5.73 Å². The zero-order valence-corrected chi connectivity index (χ0v) is 10.1. The van der Waals surface area contributed by atoms with Gasteiger partial charge in [0.05, 0.1) is 12.6 Å². The Bertz CT molecular complexity index is 544. The highest BCUT2D eigenvalue weighted by molar-refractivity contribution is 5.83. The van der Waals surface area contributed by atoms with Crippen LogP contribution in [0.25, 0.3) is 10.9 Å². The zero-order valence-electron chi connectivity index (χ0n) is 10.1. The summed E-state index contributed by atoms with van der Waals surface area (Å²) in [5, 5.41) is 1.29. The van der Waals surface area contributed by atoms with Crippen LogP contribution in [0.1, 0.15) is 24.6 Å². The molecule has 1 aliphatic rings.